The third-order valence-electron chi connectivity index (χ3n) is 4.41. The van der Waals surface area contributed by atoms with Crippen LogP contribution < -0.4 is 11.1 Å². The topological polar surface area (TPSA) is 75.4 Å². The smallest absolute Gasteiger partial charge is 0.220 e. The van der Waals surface area contributed by atoms with Crippen LogP contribution in [0, 0.1) is 17.8 Å². The summed E-state index contributed by atoms with van der Waals surface area (Å²) in [6.45, 7) is 7.09. The lowest BCUT2D eigenvalue weighted by Crippen LogP contribution is -2.54. The first-order chi connectivity index (χ1) is 9.40. The van der Waals surface area contributed by atoms with E-state index in [0.717, 1.165) is 25.7 Å². The first-order valence-electron chi connectivity index (χ1n) is 8.02. The SMILES string of the molecule is CC(C)CC(CN)CC(=O)NC1(CO)CCCC(C)C1. The molecule has 118 valence electrons. The predicted octanol–water partition coefficient (Wildman–Crippen LogP) is 2.05. The molecule has 1 fully saturated rings. The molecule has 0 aliphatic heterocycles. The number of amides is 1. The van der Waals surface area contributed by atoms with Gasteiger partial charge >= 0.3 is 0 Å². The Balaban J connectivity index is 2.54. The molecule has 4 heteroatoms. The van der Waals surface area contributed by atoms with Crippen molar-refractivity contribution < 1.29 is 9.90 Å². The predicted molar refractivity (Wildman–Crippen MR) is 82.2 cm³/mol. The van der Waals surface area contributed by atoms with Crippen LogP contribution in [0.15, 0.2) is 0 Å². The number of nitrogens with one attached hydrogen (secondary N) is 1. The summed E-state index contributed by atoms with van der Waals surface area (Å²) in [6.07, 6.45) is 5.49. The van der Waals surface area contributed by atoms with E-state index >= 15 is 0 Å². The van der Waals surface area contributed by atoms with E-state index in [1.165, 1.54) is 6.42 Å². The fourth-order valence-electron chi connectivity index (χ4n) is 3.50. The number of aliphatic hydroxyl groups excluding tert-OH is 1. The van der Waals surface area contributed by atoms with E-state index in [2.05, 4.69) is 26.1 Å². The quantitative estimate of drug-likeness (QED) is 0.670. The summed E-state index contributed by atoms with van der Waals surface area (Å²) in [6, 6.07) is 0. The lowest BCUT2D eigenvalue weighted by atomic mass is 9.76. The minimum atomic E-state index is -0.397. The Hall–Kier alpha value is -0.610. The summed E-state index contributed by atoms with van der Waals surface area (Å²) < 4.78 is 0. The van der Waals surface area contributed by atoms with Crippen molar-refractivity contribution in [2.45, 2.75) is 64.8 Å². The molecular formula is C16H32N2O2. The van der Waals surface area contributed by atoms with Gasteiger partial charge in [0, 0.05) is 6.42 Å². The molecule has 0 bridgehead atoms. The van der Waals surface area contributed by atoms with Crippen molar-refractivity contribution in [1.82, 2.24) is 5.32 Å². The first kappa shape index (κ1) is 17.4. The second-order valence-electron chi connectivity index (χ2n) is 7.12. The highest BCUT2D eigenvalue weighted by Crippen LogP contribution is 2.32. The van der Waals surface area contributed by atoms with E-state index in [0.29, 0.717) is 24.8 Å². The Bertz CT molecular complexity index is 307. The molecule has 1 aliphatic carbocycles. The van der Waals surface area contributed by atoms with Gasteiger partial charge in [0.25, 0.3) is 0 Å². The van der Waals surface area contributed by atoms with E-state index in [4.69, 9.17) is 5.73 Å². The lowest BCUT2D eigenvalue weighted by Gasteiger charge is -2.39. The van der Waals surface area contributed by atoms with Crippen LogP contribution in [0.3, 0.4) is 0 Å². The summed E-state index contributed by atoms with van der Waals surface area (Å²) in [4.78, 5) is 12.3. The number of carbonyl (C=O) groups excluding carboxylic acids is 1. The zero-order valence-electron chi connectivity index (χ0n) is 13.3. The molecule has 0 saturated heterocycles. The van der Waals surface area contributed by atoms with Crippen LogP contribution in [-0.2, 0) is 4.79 Å². The molecule has 4 nitrogen and oxygen atoms in total. The van der Waals surface area contributed by atoms with E-state index < -0.39 is 5.54 Å². The van der Waals surface area contributed by atoms with Gasteiger partial charge in [-0.2, -0.15) is 0 Å². The van der Waals surface area contributed by atoms with Crippen molar-refractivity contribution in [3.05, 3.63) is 0 Å². The summed E-state index contributed by atoms with van der Waals surface area (Å²) in [5, 5.41) is 12.8. The van der Waals surface area contributed by atoms with Crippen molar-refractivity contribution in [3.63, 3.8) is 0 Å². The van der Waals surface area contributed by atoms with Crippen LogP contribution in [0.25, 0.3) is 0 Å². The molecule has 3 atom stereocenters. The Labute approximate surface area is 123 Å². The minimum absolute atomic E-state index is 0.0422. The van der Waals surface area contributed by atoms with Gasteiger partial charge in [-0.05, 0) is 43.6 Å². The number of rotatable bonds is 7. The summed E-state index contributed by atoms with van der Waals surface area (Å²) in [5.41, 5.74) is 5.36. The van der Waals surface area contributed by atoms with Crippen molar-refractivity contribution in [2.24, 2.45) is 23.5 Å². The minimum Gasteiger partial charge on any atom is -0.394 e. The van der Waals surface area contributed by atoms with Gasteiger partial charge in [0.1, 0.15) is 0 Å². The monoisotopic (exact) mass is 284 g/mol. The molecule has 20 heavy (non-hydrogen) atoms. The number of hydrogen-bond donors (Lipinski definition) is 3. The second-order valence-corrected chi connectivity index (χ2v) is 7.12. The van der Waals surface area contributed by atoms with Crippen molar-refractivity contribution in [1.29, 1.82) is 0 Å². The van der Waals surface area contributed by atoms with Crippen LogP contribution >= 0.6 is 0 Å². The third kappa shape index (κ3) is 5.41. The average molecular weight is 284 g/mol. The van der Waals surface area contributed by atoms with E-state index in [1.807, 2.05) is 0 Å². The van der Waals surface area contributed by atoms with Crippen LogP contribution in [0.5, 0.6) is 0 Å². The molecule has 1 amide bonds. The van der Waals surface area contributed by atoms with Crippen LogP contribution in [-0.4, -0.2) is 29.7 Å². The van der Waals surface area contributed by atoms with E-state index in [-0.39, 0.29) is 18.4 Å². The van der Waals surface area contributed by atoms with E-state index in [1.54, 1.807) is 0 Å². The van der Waals surface area contributed by atoms with Gasteiger partial charge in [-0.15, -0.1) is 0 Å². The highest BCUT2D eigenvalue weighted by Gasteiger charge is 2.35. The summed E-state index contributed by atoms with van der Waals surface area (Å²) in [7, 11) is 0. The van der Waals surface area contributed by atoms with Crippen molar-refractivity contribution >= 4 is 5.91 Å². The number of aliphatic hydroxyl groups is 1. The molecule has 1 aliphatic rings. The van der Waals surface area contributed by atoms with Crippen molar-refractivity contribution in [2.75, 3.05) is 13.2 Å². The van der Waals surface area contributed by atoms with Crippen LogP contribution in [0.4, 0.5) is 0 Å². The Morgan fingerprint density at radius 1 is 1.50 bits per heavy atom. The fraction of sp³-hybridized carbons (Fsp3) is 0.938. The zero-order valence-corrected chi connectivity index (χ0v) is 13.3. The maximum Gasteiger partial charge on any atom is 0.220 e. The first-order valence-corrected chi connectivity index (χ1v) is 8.02. The third-order valence-corrected chi connectivity index (χ3v) is 4.41. The Morgan fingerprint density at radius 2 is 2.20 bits per heavy atom. The summed E-state index contributed by atoms with van der Waals surface area (Å²) >= 11 is 0. The maximum atomic E-state index is 12.3. The standard InChI is InChI=1S/C16H32N2O2/c1-12(2)7-14(10-17)8-15(20)18-16(11-19)6-4-5-13(3)9-16/h12-14,19H,4-11,17H2,1-3H3,(H,18,20). The molecule has 0 aromatic rings. The second kappa shape index (κ2) is 7.99. The molecule has 4 N–H and O–H groups in total. The molecule has 1 saturated carbocycles. The lowest BCUT2D eigenvalue weighted by molar-refractivity contribution is -0.125. The largest absolute Gasteiger partial charge is 0.394 e. The number of carbonyl (C=O) groups is 1. The molecule has 0 aromatic carbocycles. The van der Waals surface area contributed by atoms with Gasteiger partial charge in [0.2, 0.25) is 5.91 Å². The molecule has 0 aromatic heterocycles. The Morgan fingerprint density at radius 3 is 2.70 bits per heavy atom. The van der Waals surface area contributed by atoms with Gasteiger partial charge in [0.15, 0.2) is 0 Å². The van der Waals surface area contributed by atoms with Crippen molar-refractivity contribution in [3.8, 4) is 0 Å². The molecule has 0 radical (unpaired) electrons. The molecule has 0 spiro atoms. The van der Waals surface area contributed by atoms with Gasteiger partial charge < -0.3 is 16.2 Å². The zero-order chi connectivity index (χ0) is 15.2. The van der Waals surface area contributed by atoms with E-state index in [9.17, 15) is 9.90 Å². The molecular weight excluding hydrogens is 252 g/mol. The van der Waals surface area contributed by atoms with Gasteiger partial charge in [-0.25, -0.2) is 0 Å². The average Bonchev–Trinajstić information content (AvgIpc) is 2.37. The Kier molecular flexibility index (Phi) is 6.96. The molecule has 3 unspecified atom stereocenters. The van der Waals surface area contributed by atoms with Gasteiger partial charge in [-0.1, -0.05) is 33.6 Å². The number of nitrogens with two attached hydrogens (primary N) is 1. The maximum absolute atomic E-state index is 12.3. The molecule has 1 rings (SSSR count). The molecule has 0 heterocycles. The van der Waals surface area contributed by atoms with Gasteiger partial charge in [0.05, 0.1) is 12.1 Å². The van der Waals surface area contributed by atoms with Crippen LogP contribution in [0.2, 0.25) is 0 Å². The normalized spacial score (nSPS) is 28.4. The van der Waals surface area contributed by atoms with Crippen LogP contribution in [0.1, 0.15) is 59.3 Å². The highest BCUT2D eigenvalue weighted by atomic mass is 16.3. The summed E-state index contributed by atoms with van der Waals surface area (Å²) in [5.74, 6) is 1.41. The number of hydrogen-bond acceptors (Lipinski definition) is 3. The highest BCUT2D eigenvalue weighted by molar-refractivity contribution is 5.77. The van der Waals surface area contributed by atoms with Gasteiger partial charge in [-0.3, -0.25) is 4.79 Å². The fourth-order valence-corrected chi connectivity index (χ4v) is 3.50.